The van der Waals surface area contributed by atoms with Crippen LogP contribution in [0.4, 0.5) is 0 Å². The average Bonchev–Trinajstić information content (AvgIpc) is 3.66. The van der Waals surface area contributed by atoms with Gasteiger partial charge in [-0.2, -0.15) is 0 Å². The molecule has 2 heterocycles. The second-order valence-electron chi connectivity index (χ2n) is 12.9. The number of nitrogens with two attached hydrogens (primary N) is 1. The molecule has 0 aliphatic carbocycles. The average molecular weight is 692 g/mol. The van der Waals surface area contributed by atoms with Crippen LogP contribution in [-0.2, 0) is 33.3 Å². The highest BCUT2D eigenvalue weighted by atomic mass is 32.1. The van der Waals surface area contributed by atoms with Gasteiger partial charge in [0.2, 0.25) is 17.7 Å². The van der Waals surface area contributed by atoms with Crippen molar-refractivity contribution in [2.24, 2.45) is 11.1 Å². The Balaban J connectivity index is 1.46. The molecule has 1 aliphatic heterocycles. The number of carbonyl (C=O) groups is 3. The van der Waals surface area contributed by atoms with Gasteiger partial charge in [0.1, 0.15) is 12.1 Å². The molecular weight excluding hydrogens is 638 g/mol. The zero-order valence-electron chi connectivity index (χ0n) is 28.9. The standard InChI is InChI=1S/C34H53N5O8S/c1-23(25-6-8-26(9-7-25)30-24(2)36-22-48-30)37-32(42)28-20-27(40)21-39(28)33(43)31(34(3,4)5)38-29(41)10-12-44-14-16-46-18-19-47-17-15-45-13-11-35/h6-9,22-23,27-28,31,40H,10-21,35H2,1-5H3,(H,37,42)(H,38,41)/t23-,27+,28-,31+/m0/s1. The molecular formula is C34H53N5O8S. The quantitative estimate of drug-likeness (QED) is 0.151. The van der Waals surface area contributed by atoms with Crippen molar-refractivity contribution in [3.05, 3.63) is 41.0 Å². The third kappa shape index (κ3) is 12.5. The molecule has 14 heteroatoms. The molecule has 1 saturated heterocycles. The Labute approximate surface area is 287 Å². The predicted molar refractivity (Wildman–Crippen MR) is 183 cm³/mol. The number of carbonyl (C=O) groups excluding carboxylic acids is 3. The second-order valence-corrected chi connectivity index (χ2v) is 13.7. The van der Waals surface area contributed by atoms with Crippen LogP contribution in [0.3, 0.4) is 0 Å². The summed E-state index contributed by atoms with van der Waals surface area (Å²) in [5.41, 5.74) is 9.45. The zero-order valence-corrected chi connectivity index (χ0v) is 29.7. The largest absolute Gasteiger partial charge is 0.391 e. The molecule has 2 aromatic rings. The summed E-state index contributed by atoms with van der Waals surface area (Å²) < 4.78 is 21.6. The molecule has 13 nitrogen and oxygen atoms in total. The fourth-order valence-corrected chi connectivity index (χ4v) is 6.07. The molecule has 1 aromatic carbocycles. The van der Waals surface area contributed by atoms with Crippen LogP contribution >= 0.6 is 11.3 Å². The SMILES string of the molecule is Cc1ncsc1-c1ccc([C@H](C)NC(=O)[C@@H]2C[C@@H](O)CN2C(=O)[C@@H](NC(=O)CCOCCOCCOCCOCCN)C(C)(C)C)cc1. The Morgan fingerprint density at radius 1 is 0.979 bits per heavy atom. The highest BCUT2D eigenvalue weighted by Crippen LogP contribution is 2.29. The molecule has 48 heavy (non-hydrogen) atoms. The number of aromatic nitrogens is 1. The lowest BCUT2D eigenvalue weighted by molar-refractivity contribution is -0.144. The Morgan fingerprint density at radius 2 is 1.56 bits per heavy atom. The van der Waals surface area contributed by atoms with E-state index < -0.39 is 29.5 Å². The number of hydrogen-bond acceptors (Lipinski definition) is 11. The highest BCUT2D eigenvalue weighted by Gasteiger charge is 2.44. The Bertz CT molecular complexity index is 1290. The summed E-state index contributed by atoms with van der Waals surface area (Å²) in [5.74, 6) is -1.11. The summed E-state index contributed by atoms with van der Waals surface area (Å²) in [6.45, 7) is 13.0. The van der Waals surface area contributed by atoms with Crippen LogP contribution in [0.5, 0.6) is 0 Å². The third-order valence-corrected chi connectivity index (χ3v) is 8.89. The molecule has 4 atom stereocenters. The molecule has 0 radical (unpaired) electrons. The van der Waals surface area contributed by atoms with E-state index in [1.165, 1.54) is 4.90 Å². The summed E-state index contributed by atoms with van der Waals surface area (Å²) in [4.78, 5) is 47.0. The first kappa shape index (κ1) is 39.5. The number of aliphatic hydroxyl groups excluding tert-OH is 1. The number of ether oxygens (including phenoxy) is 4. The van der Waals surface area contributed by atoms with Gasteiger partial charge in [0.05, 0.1) is 81.1 Å². The molecule has 3 rings (SSSR count). The van der Waals surface area contributed by atoms with E-state index in [2.05, 4.69) is 15.6 Å². The van der Waals surface area contributed by atoms with Gasteiger partial charge in [-0.25, -0.2) is 4.98 Å². The molecule has 0 saturated carbocycles. The first-order chi connectivity index (χ1) is 22.9. The van der Waals surface area contributed by atoms with Gasteiger partial charge in [0, 0.05) is 25.9 Å². The van der Waals surface area contributed by atoms with Gasteiger partial charge in [0.25, 0.3) is 0 Å². The van der Waals surface area contributed by atoms with Crippen molar-refractivity contribution in [1.82, 2.24) is 20.5 Å². The van der Waals surface area contributed by atoms with E-state index in [0.717, 1.165) is 21.7 Å². The van der Waals surface area contributed by atoms with Gasteiger partial charge in [0.15, 0.2) is 0 Å². The van der Waals surface area contributed by atoms with E-state index in [9.17, 15) is 19.5 Å². The number of aryl methyl sites for hydroxylation is 1. The topological polar surface area (TPSA) is 175 Å². The second kappa shape index (κ2) is 19.9. The van der Waals surface area contributed by atoms with E-state index in [1.54, 1.807) is 11.3 Å². The van der Waals surface area contributed by atoms with Gasteiger partial charge >= 0.3 is 0 Å². The summed E-state index contributed by atoms with van der Waals surface area (Å²) in [6.07, 6.45) is -0.683. The van der Waals surface area contributed by atoms with Crippen molar-refractivity contribution in [3.63, 3.8) is 0 Å². The first-order valence-corrected chi connectivity index (χ1v) is 17.4. The molecule has 0 spiro atoms. The molecule has 1 aromatic heterocycles. The summed E-state index contributed by atoms with van der Waals surface area (Å²) in [6, 6.07) is 5.84. The van der Waals surface area contributed by atoms with Crippen LogP contribution in [0.15, 0.2) is 29.8 Å². The molecule has 0 unspecified atom stereocenters. The number of amides is 3. The third-order valence-electron chi connectivity index (χ3n) is 7.91. The monoisotopic (exact) mass is 691 g/mol. The van der Waals surface area contributed by atoms with Crippen molar-refractivity contribution in [1.29, 1.82) is 0 Å². The van der Waals surface area contributed by atoms with Gasteiger partial charge in [-0.05, 0) is 30.4 Å². The number of nitrogens with zero attached hydrogens (tertiary/aromatic N) is 2. The van der Waals surface area contributed by atoms with Gasteiger partial charge in [-0.1, -0.05) is 45.0 Å². The van der Waals surface area contributed by atoms with Crippen LogP contribution in [-0.4, -0.2) is 117 Å². The minimum Gasteiger partial charge on any atom is -0.391 e. The summed E-state index contributed by atoms with van der Waals surface area (Å²) in [7, 11) is 0. The van der Waals surface area contributed by atoms with E-state index in [-0.39, 0.29) is 43.8 Å². The number of aliphatic hydroxyl groups is 1. The number of β-amino-alcohol motifs (C(OH)–C–C–N with tert-alkyl or cyclic N) is 1. The number of hydrogen-bond donors (Lipinski definition) is 4. The molecule has 0 bridgehead atoms. The highest BCUT2D eigenvalue weighted by molar-refractivity contribution is 7.13. The zero-order chi connectivity index (χ0) is 35.1. The number of nitrogens with one attached hydrogen (secondary N) is 2. The molecule has 1 fully saturated rings. The Hall–Kier alpha value is -2.98. The number of likely N-dealkylation sites (tertiary alicyclic amines) is 1. The van der Waals surface area contributed by atoms with Crippen molar-refractivity contribution in [3.8, 4) is 10.4 Å². The lowest BCUT2D eigenvalue weighted by Gasteiger charge is -2.35. The molecule has 5 N–H and O–H groups in total. The molecule has 268 valence electrons. The van der Waals surface area contributed by atoms with Crippen LogP contribution < -0.4 is 16.4 Å². The number of rotatable bonds is 20. The number of benzene rings is 1. The lowest BCUT2D eigenvalue weighted by Crippen LogP contribution is -2.58. The molecule has 3 amide bonds. The first-order valence-electron chi connectivity index (χ1n) is 16.5. The summed E-state index contributed by atoms with van der Waals surface area (Å²) >= 11 is 1.58. The van der Waals surface area contributed by atoms with E-state index in [0.29, 0.717) is 52.8 Å². The summed E-state index contributed by atoms with van der Waals surface area (Å²) in [5, 5.41) is 16.4. The van der Waals surface area contributed by atoms with Gasteiger partial charge in [-0.3, -0.25) is 14.4 Å². The minimum absolute atomic E-state index is 0.00681. The van der Waals surface area contributed by atoms with Crippen molar-refractivity contribution in [2.45, 2.75) is 71.7 Å². The van der Waals surface area contributed by atoms with Crippen molar-refractivity contribution in [2.75, 3.05) is 65.9 Å². The van der Waals surface area contributed by atoms with Crippen LogP contribution in [0.1, 0.15) is 57.8 Å². The smallest absolute Gasteiger partial charge is 0.246 e. The lowest BCUT2D eigenvalue weighted by atomic mass is 9.85. The maximum atomic E-state index is 13.9. The van der Waals surface area contributed by atoms with Gasteiger partial charge < -0.3 is 45.3 Å². The fraction of sp³-hybridized carbons (Fsp3) is 0.647. The van der Waals surface area contributed by atoms with Crippen molar-refractivity contribution >= 4 is 29.1 Å². The minimum atomic E-state index is -0.908. The van der Waals surface area contributed by atoms with Gasteiger partial charge in [-0.15, -0.1) is 11.3 Å². The van der Waals surface area contributed by atoms with Crippen LogP contribution in [0, 0.1) is 12.3 Å². The van der Waals surface area contributed by atoms with Crippen LogP contribution in [0.2, 0.25) is 0 Å². The van der Waals surface area contributed by atoms with E-state index >= 15 is 0 Å². The Kier molecular flexibility index (Phi) is 16.3. The fourth-order valence-electron chi connectivity index (χ4n) is 5.26. The maximum Gasteiger partial charge on any atom is 0.246 e. The maximum absolute atomic E-state index is 13.9. The Morgan fingerprint density at radius 3 is 2.10 bits per heavy atom. The number of thiazole rings is 1. The van der Waals surface area contributed by atoms with Crippen molar-refractivity contribution < 1.29 is 38.4 Å². The predicted octanol–water partition coefficient (Wildman–Crippen LogP) is 2.20. The van der Waals surface area contributed by atoms with E-state index in [4.69, 9.17) is 24.7 Å². The van der Waals surface area contributed by atoms with Crippen LogP contribution in [0.25, 0.3) is 10.4 Å². The van der Waals surface area contributed by atoms with E-state index in [1.807, 2.05) is 64.4 Å². The normalized spacial score (nSPS) is 17.7. The molecule has 1 aliphatic rings.